The Morgan fingerprint density at radius 2 is 2.03 bits per heavy atom. The minimum Gasteiger partial charge on any atom is -0.488 e. The zero-order valence-corrected chi connectivity index (χ0v) is 17.4. The molecule has 6 heteroatoms. The van der Waals surface area contributed by atoms with Gasteiger partial charge in [0.1, 0.15) is 18.0 Å². The van der Waals surface area contributed by atoms with Crippen molar-refractivity contribution in [1.82, 2.24) is 14.9 Å². The number of H-pyrrole nitrogens is 1. The number of hydrogen-bond acceptors (Lipinski definition) is 5. The van der Waals surface area contributed by atoms with E-state index in [4.69, 9.17) is 4.74 Å². The highest BCUT2D eigenvalue weighted by Crippen LogP contribution is 2.24. The van der Waals surface area contributed by atoms with Gasteiger partial charge in [-0.1, -0.05) is 24.3 Å². The van der Waals surface area contributed by atoms with Gasteiger partial charge in [0, 0.05) is 42.8 Å². The maximum atomic E-state index is 12.6. The molecule has 0 spiro atoms. The van der Waals surface area contributed by atoms with E-state index in [-0.39, 0.29) is 11.7 Å². The third-order valence-electron chi connectivity index (χ3n) is 6.03. The summed E-state index contributed by atoms with van der Waals surface area (Å²) < 4.78 is 6.08. The lowest BCUT2D eigenvalue weighted by Gasteiger charge is -2.35. The van der Waals surface area contributed by atoms with Gasteiger partial charge in [0.2, 0.25) is 0 Å². The maximum Gasteiger partial charge on any atom is 0.252 e. The van der Waals surface area contributed by atoms with Gasteiger partial charge >= 0.3 is 0 Å². The number of hydrogen-bond donors (Lipinski definition) is 2. The molecule has 1 fully saturated rings. The summed E-state index contributed by atoms with van der Waals surface area (Å²) in [4.78, 5) is 22.1. The zero-order valence-electron chi connectivity index (χ0n) is 17.4. The van der Waals surface area contributed by atoms with Crippen LogP contribution in [0.4, 0.5) is 0 Å². The highest BCUT2D eigenvalue weighted by molar-refractivity contribution is 5.82. The van der Waals surface area contributed by atoms with Crippen molar-refractivity contribution in [2.45, 2.75) is 32.1 Å². The fourth-order valence-corrected chi connectivity index (χ4v) is 4.34. The molecular weight excluding hydrogens is 390 g/mol. The summed E-state index contributed by atoms with van der Waals surface area (Å²) in [5, 5.41) is 12.8. The van der Waals surface area contributed by atoms with Gasteiger partial charge in [0.15, 0.2) is 0 Å². The number of likely N-dealkylation sites (tertiary alicyclic amines) is 1. The molecule has 6 nitrogen and oxygen atoms in total. The van der Waals surface area contributed by atoms with Crippen molar-refractivity contribution in [3.05, 3.63) is 82.3 Å². The molecule has 0 unspecified atom stereocenters. The third kappa shape index (κ3) is 4.04. The van der Waals surface area contributed by atoms with Crippen LogP contribution in [0.3, 0.4) is 0 Å². The number of pyridine rings is 2. The molecule has 3 heterocycles. The zero-order chi connectivity index (χ0) is 21.4. The van der Waals surface area contributed by atoms with Gasteiger partial charge in [-0.15, -0.1) is 0 Å². The van der Waals surface area contributed by atoms with E-state index in [0.29, 0.717) is 30.8 Å². The monoisotopic (exact) mass is 415 g/mol. The van der Waals surface area contributed by atoms with Crippen LogP contribution in [0.5, 0.6) is 5.75 Å². The number of β-amino-alcohol motifs (C(OH)–C–C–N with tert-alkyl or cyclic N) is 1. The van der Waals surface area contributed by atoms with E-state index >= 15 is 0 Å². The molecule has 0 saturated carbocycles. The number of piperidine rings is 1. The summed E-state index contributed by atoms with van der Waals surface area (Å²) in [5.41, 5.74) is 3.45. The Labute approximate surface area is 180 Å². The fraction of sp³-hybridized carbons (Fsp3) is 0.280. The first-order chi connectivity index (χ1) is 15.1. The lowest BCUT2D eigenvalue weighted by Crippen LogP contribution is -2.49. The normalized spacial score (nSPS) is 19.7. The molecule has 0 bridgehead atoms. The molecule has 0 radical (unpaired) electrons. The van der Waals surface area contributed by atoms with Crippen molar-refractivity contribution >= 4 is 21.8 Å². The molecular formula is C25H25N3O3. The number of nitrogens with one attached hydrogen (secondary N) is 1. The molecule has 158 valence electrons. The number of ether oxygens (including phenoxy) is 1. The van der Waals surface area contributed by atoms with Gasteiger partial charge in [0.25, 0.3) is 5.56 Å². The minimum atomic E-state index is -0.630. The van der Waals surface area contributed by atoms with Crippen LogP contribution in [0.2, 0.25) is 0 Å². The van der Waals surface area contributed by atoms with Gasteiger partial charge in [0.05, 0.1) is 11.0 Å². The van der Waals surface area contributed by atoms with Crippen LogP contribution in [0.1, 0.15) is 17.5 Å². The van der Waals surface area contributed by atoms with E-state index in [0.717, 1.165) is 33.9 Å². The molecule has 5 rings (SSSR count). The summed E-state index contributed by atoms with van der Waals surface area (Å²) in [7, 11) is 0. The number of aromatic amines is 1. The van der Waals surface area contributed by atoms with E-state index < -0.39 is 6.10 Å². The number of benzene rings is 2. The van der Waals surface area contributed by atoms with Gasteiger partial charge in [-0.3, -0.25) is 14.7 Å². The van der Waals surface area contributed by atoms with Crippen molar-refractivity contribution in [3.63, 3.8) is 0 Å². The molecule has 2 aromatic carbocycles. The van der Waals surface area contributed by atoms with Gasteiger partial charge in [-0.25, -0.2) is 0 Å². The van der Waals surface area contributed by atoms with Crippen LogP contribution in [0.15, 0.2) is 65.6 Å². The Bertz CT molecular complexity index is 1300. The second-order valence-corrected chi connectivity index (χ2v) is 8.27. The average Bonchev–Trinajstić information content (AvgIpc) is 2.77. The summed E-state index contributed by atoms with van der Waals surface area (Å²) in [6.45, 7) is 3.70. The van der Waals surface area contributed by atoms with Crippen LogP contribution in [0, 0.1) is 6.92 Å². The highest BCUT2D eigenvalue weighted by atomic mass is 16.5. The number of nitrogens with zero attached hydrogens (tertiary/aromatic N) is 2. The first-order valence-corrected chi connectivity index (χ1v) is 10.6. The summed E-state index contributed by atoms with van der Waals surface area (Å²) in [6, 6.07) is 17.7. The summed E-state index contributed by atoms with van der Waals surface area (Å²) in [6.07, 6.45) is 1.53. The van der Waals surface area contributed by atoms with Gasteiger partial charge in [-0.05, 0) is 48.6 Å². The number of aromatic nitrogens is 2. The molecule has 1 saturated heterocycles. The van der Waals surface area contributed by atoms with E-state index in [1.807, 2.05) is 61.5 Å². The topological polar surface area (TPSA) is 78.5 Å². The van der Waals surface area contributed by atoms with Crippen molar-refractivity contribution in [2.24, 2.45) is 0 Å². The molecule has 1 aliphatic heterocycles. The molecule has 2 atom stereocenters. The molecule has 4 aromatic rings. The Kier molecular flexibility index (Phi) is 5.18. The SMILES string of the molecule is Cc1cccc2cc(CN3CC[C@@H](Oc4ccc5cccnc5c4)[C@H](O)C3)c(=O)[nH]c12. The van der Waals surface area contributed by atoms with Gasteiger partial charge < -0.3 is 14.8 Å². The fourth-order valence-electron chi connectivity index (χ4n) is 4.34. The second kappa shape index (κ2) is 8.13. The molecule has 2 aromatic heterocycles. The van der Waals surface area contributed by atoms with Crippen molar-refractivity contribution in [3.8, 4) is 5.75 Å². The highest BCUT2D eigenvalue weighted by Gasteiger charge is 2.29. The van der Waals surface area contributed by atoms with Crippen molar-refractivity contribution < 1.29 is 9.84 Å². The Hall–Kier alpha value is -3.22. The number of aliphatic hydroxyl groups is 1. The van der Waals surface area contributed by atoms with Crippen molar-refractivity contribution in [1.29, 1.82) is 0 Å². The molecule has 0 amide bonds. The van der Waals surface area contributed by atoms with Crippen LogP contribution < -0.4 is 10.3 Å². The predicted octanol–water partition coefficient (Wildman–Crippen LogP) is 3.40. The maximum absolute atomic E-state index is 12.6. The average molecular weight is 415 g/mol. The van der Waals surface area contributed by atoms with Crippen LogP contribution in [-0.4, -0.2) is 45.3 Å². The lowest BCUT2D eigenvalue weighted by atomic mass is 10.0. The molecule has 31 heavy (non-hydrogen) atoms. The van der Waals surface area contributed by atoms with E-state index in [2.05, 4.69) is 14.9 Å². The first-order valence-electron chi connectivity index (χ1n) is 10.6. The number of para-hydroxylation sites is 1. The summed E-state index contributed by atoms with van der Waals surface area (Å²) >= 11 is 0. The third-order valence-corrected chi connectivity index (χ3v) is 6.03. The van der Waals surface area contributed by atoms with Crippen molar-refractivity contribution in [2.75, 3.05) is 13.1 Å². The first kappa shape index (κ1) is 19.7. The largest absolute Gasteiger partial charge is 0.488 e. The second-order valence-electron chi connectivity index (χ2n) is 8.27. The number of rotatable bonds is 4. The number of aryl methyl sites for hydroxylation is 1. The lowest BCUT2D eigenvalue weighted by molar-refractivity contribution is -0.0275. The van der Waals surface area contributed by atoms with Crippen LogP contribution >= 0.6 is 0 Å². The molecule has 2 N–H and O–H groups in total. The van der Waals surface area contributed by atoms with E-state index in [9.17, 15) is 9.90 Å². The minimum absolute atomic E-state index is 0.0710. The number of aliphatic hydroxyl groups excluding tert-OH is 1. The molecule has 1 aliphatic rings. The van der Waals surface area contributed by atoms with E-state index in [1.165, 1.54) is 0 Å². The quantitative estimate of drug-likeness (QED) is 0.534. The Morgan fingerprint density at radius 3 is 2.90 bits per heavy atom. The van der Waals surface area contributed by atoms with Crippen LogP contribution in [0.25, 0.3) is 21.8 Å². The smallest absolute Gasteiger partial charge is 0.252 e. The van der Waals surface area contributed by atoms with Crippen LogP contribution in [-0.2, 0) is 6.54 Å². The Morgan fingerprint density at radius 1 is 1.16 bits per heavy atom. The summed E-state index contributed by atoms with van der Waals surface area (Å²) in [5.74, 6) is 0.713. The van der Waals surface area contributed by atoms with E-state index in [1.54, 1.807) is 6.20 Å². The van der Waals surface area contributed by atoms with Gasteiger partial charge in [-0.2, -0.15) is 0 Å². The standard InChI is InChI=1S/C25H25N3O3/c1-16-4-2-5-18-12-19(25(30)27-24(16)18)14-28-11-9-23(22(29)15-28)31-20-8-7-17-6-3-10-26-21(17)13-20/h2-8,10,12-13,22-23,29H,9,11,14-15H2,1H3,(H,27,30)/t22-,23-/m1/s1. The Balaban J connectivity index is 1.27. The predicted molar refractivity (Wildman–Crippen MR) is 121 cm³/mol. The molecule has 0 aliphatic carbocycles. The number of fused-ring (bicyclic) bond motifs is 2.